The van der Waals surface area contributed by atoms with Crippen molar-refractivity contribution in [3.05, 3.63) is 64.4 Å². The number of halogens is 2. The fourth-order valence-electron chi connectivity index (χ4n) is 1.99. The predicted molar refractivity (Wildman–Crippen MR) is 88.7 cm³/mol. The van der Waals surface area contributed by atoms with Crippen molar-refractivity contribution in [1.82, 2.24) is 4.72 Å². The third-order valence-corrected chi connectivity index (χ3v) is 4.84. The standard InChI is InChI=1S/C16H17ClFNO3S/c1-12-5-2-3-8-16(12)22-10-9-19-23(20,21)11-13-14(17)6-4-7-15(13)18/h2-8,19H,9-11H2,1H3. The number of benzene rings is 2. The van der Waals surface area contributed by atoms with Gasteiger partial charge in [-0.25, -0.2) is 17.5 Å². The molecule has 0 amide bonds. The van der Waals surface area contributed by atoms with E-state index in [9.17, 15) is 12.8 Å². The van der Waals surface area contributed by atoms with Gasteiger partial charge in [-0.1, -0.05) is 35.9 Å². The zero-order valence-electron chi connectivity index (χ0n) is 12.6. The summed E-state index contributed by atoms with van der Waals surface area (Å²) in [4.78, 5) is 0. The van der Waals surface area contributed by atoms with Crippen LogP contribution in [0.15, 0.2) is 42.5 Å². The molecule has 0 unspecified atom stereocenters. The van der Waals surface area contributed by atoms with Gasteiger partial charge in [0, 0.05) is 17.1 Å². The van der Waals surface area contributed by atoms with Gasteiger partial charge in [0.2, 0.25) is 10.0 Å². The van der Waals surface area contributed by atoms with Crippen molar-refractivity contribution in [3.8, 4) is 5.75 Å². The Bertz CT molecular complexity index is 760. The lowest BCUT2D eigenvalue weighted by Gasteiger charge is -2.11. The summed E-state index contributed by atoms with van der Waals surface area (Å²) in [6.45, 7) is 2.16. The van der Waals surface area contributed by atoms with Crippen LogP contribution in [-0.4, -0.2) is 21.6 Å². The molecule has 124 valence electrons. The van der Waals surface area contributed by atoms with Gasteiger partial charge in [-0.3, -0.25) is 0 Å². The van der Waals surface area contributed by atoms with Crippen molar-refractivity contribution in [3.63, 3.8) is 0 Å². The maximum Gasteiger partial charge on any atom is 0.216 e. The van der Waals surface area contributed by atoms with E-state index >= 15 is 0 Å². The van der Waals surface area contributed by atoms with Gasteiger partial charge in [-0.2, -0.15) is 0 Å². The van der Waals surface area contributed by atoms with Crippen LogP contribution in [0, 0.1) is 12.7 Å². The monoisotopic (exact) mass is 357 g/mol. The number of hydrogen-bond acceptors (Lipinski definition) is 3. The molecule has 2 aromatic rings. The highest BCUT2D eigenvalue weighted by atomic mass is 35.5. The molecule has 4 nitrogen and oxygen atoms in total. The first-order valence-corrected chi connectivity index (χ1v) is 9.01. The molecule has 2 rings (SSSR count). The van der Waals surface area contributed by atoms with Crippen molar-refractivity contribution in [2.45, 2.75) is 12.7 Å². The van der Waals surface area contributed by atoms with Crippen molar-refractivity contribution in [2.24, 2.45) is 0 Å². The minimum absolute atomic E-state index is 0.0403. The molecule has 0 saturated carbocycles. The summed E-state index contributed by atoms with van der Waals surface area (Å²) in [6, 6.07) is 11.5. The second kappa shape index (κ2) is 7.77. The molecule has 0 bridgehead atoms. The molecule has 2 aromatic carbocycles. The second-order valence-corrected chi connectivity index (χ2v) is 7.18. The quantitative estimate of drug-likeness (QED) is 0.774. The highest BCUT2D eigenvalue weighted by molar-refractivity contribution is 7.88. The van der Waals surface area contributed by atoms with E-state index in [0.717, 1.165) is 5.56 Å². The van der Waals surface area contributed by atoms with Gasteiger partial charge in [-0.15, -0.1) is 0 Å². The largest absolute Gasteiger partial charge is 0.492 e. The molecular weight excluding hydrogens is 341 g/mol. The Labute approximate surface area is 140 Å². The van der Waals surface area contributed by atoms with E-state index in [1.807, 2.05) is 31.2 Å². The zero-order chi connectivity index (χ0) is 16.9. The molecule has 0 aliphatic heterocycles. The highest BCUT2D eigenvalue weighted by Crippen LogP contribution is 2.21. The van der Waals surface area contributed by atoms with Gasteiger partial charge in [0.25, 0.3) is 0 Å². The lowest BCUT2D eigenvalue weighted by Crippen LogP contribution is -2.29. The van der Waals surface area contributed by atoms with Crippen molar-refractivity contribution in [2.75, 3.05) is 13.2 Å². The van der Waals surface area contributed by atoms with Crippen LogP contribution in [-0.2, 0) is 15.8 Å². The van der Waals surface area contributed by atoms with Crippen LogP contribution >= 0.6 is 11.6 Å². The molecule has 0 radical (unpaired) electrons. The van der Waals surface area contributed by atoms with E-state index < -0.39 is 21.6 Å². The lowest BCUT2D eigenvalue weighted by atomic mass is 10.2. The van der Waals surface area contributed by atoms with E-state index in [1.54, 1.807) is 0 Å². The van der Waals surface area contributed by atoms with Crippen molar-refractivity contribution >= 4 is 21.6 Å². The molecule has 0 heterocycles. The fourth-order valence-corrected chi connectivity index (χ4v) is 3.47. The molecule has 23 heavy (non-hydrogen) atoms. The third-order valence-electron chi connectivity index (χ3n) is 3.17. The minimum Gasteiger partial charge on any atom is -0.492 e. The Balaban J connectivity index is 1.88. The first-order chi connectivity index (χ1) is 10.9. The molecule has 7 heteroatoms. The van der Waals surface area contributed by atoms with Gasteiger partial charge in [0.1, 0.15) is 18.2 Å². The van der Waals surface area contributed by atoms with E-state index in [4.69, 9.17) is 16.3 Å². The second-order valence-electron chi connectivity index (χ2n) is 4.97. The maximum absolute atomic E-state index is 13.6. The van der Waals surface area contributed by atoms with Crippen LogP contribution in [0.5, 0.6) is 5.75 Å². The van der Waals surface area contributed by atoms with Crippen LogP contribution < -0.4 is 9.46 Å². The number of sulfonamides is 1. The summed E-state index contributed by atoms with van der Waals surface area (Å²) in [5.74, 6) is -0.453. The summed E-state index contributed by atoms with van der Waals surface area (Å²) in [5, 5.41) is 0.0894. The Morgan fingerprint density at radius 3 is 2.61 bits per heavy atom. The van der Waals surface area contributed by atoms with Crippen LogP contribution in [0.25, 0.3) is 0 Å². The Hall–Kier alpha value is -1.63. The number of hydrogen-bond donors (Lipinski definition) is 1. The third kappa shape index (κ3) is 5.20. The molecular formula is C16H17ClFNO3S. The predicted octanol–water partition coefficient (Wildman–Crippen LogP) is 3.29. The minimum atomic E-state index is -3.70. The van der Waals surface area contributed by atoms with Crippen molar-refractivity contribution < 1.29 is 17.5 Å². The Morgan fingerprint density at radius 2 is 1.91 bits per heavy atom. The van der Waals surface area contributed by atoms with Crippen LogP contribution in [0.4, 0.5) is 4.39 Å². The van der Waals surface area contributed by atoms with Gasteiger partial charge in [-0.05, 0) is 30.7 Å². The molecule has 0 atom stereocenters. The molecule has 0 aromatic heterocycles. The lowest BCUT2D eigenvalue weighted by molar-refractivity contribution is 0.320. The molecule has 0 aliphatic carbocycles. The number of aryl methyl sites for hydroxylation is 1. The summed E-state index contributed by atoms with van der Waals surface area (Å²) in [6.07, 6.45) is 0. The summed E-state index contributed by atoms with van der Waals surface area (Å²) in [5.41, 5.74) is 0.926. The van der Waals surface area contributed by atoms with Gasteiger partial charge >= 0.3 is 0 Å². The summed E-state index contributed by atoms with van der Waals surface area (Å²) >= 11 is 5.84. The smallest absolute Gasteiger partial charge is 0.216 e. The molecule has 0 fully saturated rings. The van der Waals surface area contributed by atoms with E-state index in [0.29, 0.717) is 5.75 Å². The molecule has 1 N–H and O–H groups in total. The Kier molecular flexibility index (Phi) is 5.98. The van der Waals surface area contributed by atoms with Gasteiger partial charge < -0.3 is 4.74 Å². The van der Waals surface area contributed by atoms with Crippen LogP contribution in [0.2, 0.25) is 5.02 Å². The average Bonchev–Trinajstić information content (AvgIpc) is 2.49. The van der Waals surface area contributed by atoms with Crippen molar-refractivity contribution in [1.29, 1.82) is 0 Å². The van der Waals surface area contributed by atoms with Gasteiger partial charge in [0.05, 0.1) is 5.75 Å². The van der Waals surface area contributed by atoms with E-state index in [-0.39, 0.29) is 23.7 Å². The summed E-state index contributed by atoms with van der Waals surface area (Å²) < 4.78 is 45.5. The number of nitrogens with one attached hydrogen (secondary N) is 1. The molecule has 0 saturated heterocycles. The maximum atomic E-state index is 13.6. The first-order valence-electron chi connectivity index (χ1n) is 6.98. The Morgan fingerprint density at radius 1 is 1.17 bits per heavy atom. The zero-order valence-corrected chi connectivity index (χ0v) is 14.1. The van der Waals surface area contributed by atoms with Crippen LogP contribution in [0.3, 0.4) is 0 Å². The summed E-state index contributed by atoms with van der Waals surface area (Å²) in [7, 11) is -3.70. The highest BCUT2D eigenvalue weighted by Gasteiger charge is 2.16. The van der Waals surface area contributed by atoms with E-state index in [2.05, 4.69) is 4.72 Å². The van der Waals surface area contributed by atoms with Crippen LogP contribution in [0.1, 0.15) is 11.1 Å². The van der Waals surface area contributed by atoms with Gasteiger partial charge in [0.15, 0.2) is 0 Å². The fraction of sp³-hybridized carbons (Fsp3) is 0.250. The number of rotatable bonds is 7. The van der Waals surface area contributed by atoms with E-state index in [1.165, 1.54) is 18.2 Å². The first kappa shape index (κ1) is 17.7. The number of ether oxygens (including phenoxy) is 1. The topological polar surface area (TPSA) is 55.4 Å². The molecule has 0 aliphatic rings. The molecule has 0 spiro atoms. The normalized spacial score (nSPS) is 11.4. The average molecular weight is 358 g/mol. The number of para-hydroxylation sites is 1. The SMILES string of the molecule is Cc1ccccc1OCCNS(=O)(=O)Cc1c(F)cccc1Cl.